The normalized spacial score (nSPS) is 11.3. The maximum absolute atomic E-state index is 12.3. The fourth-order valence-electron chi connectivity index (χ4n) is 2.12. The minimum Gasteiger partial charge on any atom is -0.346 e. The Bertz CT molecular complexity index is 973. The van der Waals surface area contributed by atoms with E-state index in [9.17, 15) is 13.2 Å². The third kappa shape index (κ3) is 5.34. The zero-order chi connectivity index (χ0) is 20.2. The first kappa shape index (κ1) is 21.0. The molecule has 0 bridgehead atoms. The summed E-state index contributed by atoms with van der Waals surface area (Å²) in [4.78, 5) is 16.7. The van der Waals surface area contributed by atoms with Gasteiger partial charge in [-0.1, -0.05) is 18.3 Å². The molecule has 0 aromatic carbocycles. The summed E-state index contributed by atoms with van der Waals surface area (Å²) in [5, 5.41) is 11.4. The van der Waals surface area contributed by atoms with Crippen molar-refractivity contribution in [3.05, 3.63) is 52.3 Å². The molecule has 1 amide bonds. The van der Waals surface area contributed by atoms with Crippen LogP contribution >= 0.6 is 11.8 Å². The molecule has 0 saturated carbocycles. The molecule has 0 aliphatic heterocycles. The largest absolute Gasteiger partial charge is 0.346 e. The lowest BCUT2D eigenvalue weighted by atomic mass is 10.1. The van der Waals surface area contributed by atoms with E-state index in [-0.39, 0.29) is 28.8 Å². The standard InChI is InChI=1S/C17H21N5O3S2/c1-10-11(2)21-22-17(15(10)7-18)26-12(3)16(23)20-8-13-5-6-14(9-19-13)27(4,24)25/h5-6,9H,3,7-8,18H2,1-2,4H3,(H,20,23). The lowest BCUT2D eigenvalue weighted by Gasteiger charge is -2.12. The number of aromatic nitrogens is 3. The fourth-order valence-corrected chi connectivity index (χ4v) is 3.52. The third-order valence-corrected chi connectivity index (χ3v) is 5.93. The van der Waals surface area contributed by atoms with Gasteiger partial charge in [0.05, 0.1) is 27.7 Å². The smallest absolute Gasteiger partial charge is 0.257 e. The molecule has 144 valence electrons. The van der Waals surface area contributed by atoms with E-state index in [4.69, 9.17) is 5.73 Å². The molecule has 2 aromatic heterocycles. The predicted octanol–water partition coefficient (Wildman–Crippen LogP) is 1.27. The van der Waals surface area contributed by atoms with Crippen LogP contribution in [-0.2, 0) is 27.7 Å². The van der Waals surface area contributed by atoms with E-state index in [1.807, 2.05) is 13.8 Å². The van der Waals surface area contributed by atoms with Gasteiger partial charge in [0, 0.05) is 24.6 Å². The van der Waals surface area contributed by atoms with Crippen molar-refractivity contribution < 1.29 is 13.2 Å². The molecule has 2 rings (SSSR count). The zero-order valence-corrected chi connectivity index (χ0v) is 16.9. The van der Waals surface area contributed by atoms with Crippen LogP contribution in [0.25, 0.3) is 0 Å². The van der Waals surface area contributed by atoms with E-state index < -0.39 is 9.84 Å². The van der Waals surface area contributed by atoms with Crippen LogP contribution in [0.1, 0.15) is 22.5 Å². The van der Waals surface area contributed by atoms with Crippen LogP contribution < -0.4 is 11.1 Å². The minimum atomic E-state index is -3.30. The van der Waals surface area contributed by atoms with Crippen molar-refractivity contribution >= 4 is 27.5 Å². The average molecular weight is 408 g/mol. The number of aryl methyl sites for hydroxylation is 1. The summed E-state index contributed by atoms with van der Waals surface area (Å²) in [7, 11) is -3.30. The minimum absolute atomic E-state index is 0.125. The second-order valence-corrected chi connectivity index (χ2v) is 8.96. The Balaban J connectivity index is 2.01. The highest BCUT2D eigenvalue weighted by Crippen LogP contribution is 2.28. The van der Waals surface area contributed by atoms with Gasteiger partial charge < -0.3 is 11.1 Å². The van der Waals surface area contributed by atoms with Crippen LogP contribution in [0, 0.1) is 13.8 Å². The van der Waals surface area contributed by atoms with E-state index in [2.05, 4.69) is 27.1 Å². The molecule has 0 radical (unpaired) electrons. The quantitative estimate of drug-likeness (QED) is 0.519. The van der Waals surface area contributed by atoms with Crippen molar-refractivity contribution in [1.82, 2.24) is 20.5 Å². The number of amides is 1. The van der Waals surface area contributed by atoms with Gasteiger partial charge in [0.25, 0.3) is 5.91 Å². The second-order valence-electron chi connectivity index (χ2n) is 5.86. The van der Waals surface area contributed by atoms with Crippen LogP contribution in [0.3, 0.4) is 0 Å². The van der Waals surface area contributed by atoms with E-state index in [1.54, 1.807) is 6.07 Å². The number of pyridine rings is 1. The van der Waals surface area contributed by atoms with Crippen molar-refractivity contribution in [1.29, 1.82) is 0 Å². The average Bonchev–Trinajstić information content (AvgIpc) is 2.62. The Morgan fingerprint density at radius 2 is 2.00 bits per heavy atom. The van der Waals surface area contributed by atoms with E-state index in [0.29, 0.717) is 10.7 Å². The Labute approximate surface area is 162 Å². The number of sulfone groups is 1. The molecule has 10 heteroatoms. The number of rotatable bonds is 7. The van der Waals surface area contributed by atoms with Gasteiger partial charge in [-0.15, -0.1) is 5.10 Å². The molecule has 27 heavy (non-hydrogen) atoms. The molecule has 2 heterocycles. The maximum atomic E-state index is 12.3. The van der Waals surface area contributed by atoms with Crippen LogP contribution in [0.5, 0.6) is 0 Å². The highest BCUT2D eigenvalue weighted by atomic mass is 32.2. The van der Waals surface area contributed by atoms with E-state index in [1.165, 1.54) is 12.3 Å². The Morgan fingerprint density at radius 1 is 1.30 bits per heavy atom. The van der Waals surface area contributed by atoms with Crippen molar-refractivity contribution in [2.45, 2.75) is 36.9 Å². The number of hydrogen-bond acceptors (Lipinski definition) is 8. The Hall–Kier alpha value is -2.30. The summed E-state index contributed by atoms with van der Waals surface area (Å²) in [5.74, 6) is -0.378. The summed E-state index contributed by atoms with van der Waals surface area (Å²) < 4.78 is 22.9. The molecule has 0 atom stereocenters. The molecule has 0 aliphatic rings. The van der Waals surface area contributed by atoms with Gasteiger partial charge in [-0.3, -0.25) is 9.78 Å². The van der Waals surface area contributed by atoms with E-state index >= 15 is 0 Å². The van der Waals surface area contributed by atoms with Crippen molar-refractivity contribution in [2.75, 3.05) is 6.26 Å². The van der Waals surface area contributed by atoms with Crippen molar-refractivity contribution in [3.8, 4) is 0 Å². The van der Waals surface area contributed by atoms with Gasteiger partial charge in [0.15, 0.2) is 9.84 Å². The first-order valence-electron chi connectivity index (χ1n) is 7.96. The first-order chi connectivity index (χ1) is 12.6. The molecule has 0 fully saturated rings. The molecular formula is C17H21N5O3S2. The summed E-state index contributed by atoms with van der Waals surface area (Å²) in [6, 6.07) is 3.00. The highest BCUT2D eigenvalue weighted by Gasteiger charge is 2.16. The molecule has 0 unspecified atom stereocenters. The monoisotopic (exact) mass is 407 g/mol. The highest BCUT2D eigenvalue weighted by molar-refractivity contribution is 8.04. The number of nitrogens with two attached hydrogens (primary N) is 1. The number of carbonyl (C=O) groups is 1. The topological polar surface area (TPSA) is 128 Å². The summed E-state index contributed by atoms with van der Waals surface area (Å²) in [6.45, 7) is 7.96. The number of hydrogen-bond donors (Lipinski definition) is 2. The SMILES string of the molecule is C=C(Sc1nnc(C)c(C)c1CN)C(=O)NCc1ccc(S(C)(=O)=O)cn1. The second kappa shape index (κ2) is 8.59. The number of thioether (sulfide) groups is 1. The molecule has 8 nitrogen and oxygen atoms in total. The van der Waals surface area contributed by atoms with Crippen LogP contribution in [0.2, 0.25) is 0 Å². The third-order valence-electron chi connectivity index (χ3n) is 3.88. The number of nitrogens with one attached hydrogen (secondary N) is 1. The molecule has 0 spiro atoms. The molecule has 3 N–H and O–H groups in total. The summed E-state index contributed by atoms with van der Waals surface area (Å²) in [5.41, 5.74) is 8.88. The van der Waals surface area contributed by atoms with Crippen LogP contribution in [0.15, 0.2) is 39.7 Å². The molecule has 2 aromatic rings. The zero-order valence-electron chi connectivity index (χ0n) is 15.3. The van der Waals surface area contributed by atoms with Gasteiger partial charge in [0.2, 0.25) is 0 Å². The van der Waals surface area contributed by atoms with Crippen molar-refractivity contribution in [3.63, 3.8) is 0 Å². The van der Waals surface area contributed by atoms with Gasteiger partial charge >= 0.3 is 0 Å². The number of carbonyl (C=O) groups excluding carboxylic acids is 1. The maximum Gasteiger partial charge on any atom is 0.257 e. The lowest BCUT2D eigenvalue weighted by molar-refractivity contribution is -0.116. The van der Waals surface area contributed by atoms with Crippen LogP contribution in [0.4, 0.5) is 0 Å². The summed E-state index contributed by atoms with van der Waals surface area (Å²) in [6.07, 6.45) is 2.37. The molecular weight excluding hydrogens is 386 g/mol. The summed E-state index contributed by atoms with van der Waals surface area (Å²) >= 11 is 1.11. The van der Waals surface area contributed by atoms with Gasteiger partial charge in [-0.05, 0) is 31.5 Å². The number of nitrogens with zero attached hydrogens (tertiary/aromatic N) is 3. The first-order valence-corrected chi connectivity index (χ1v) is 10.7. The Morgan fingerprint density at radius 3 is 2.56 bits per heavy atom. The fraction of sp³-hybridized carbons (Fsp3) is 0.294. The van der Waals surface area contributed by atoms with E-state index in [0.717, 1.165) is 34.8 Å². The van der Waals surface area contributed by atoms with Crippen molar-refractivity contribution in [2.24, 2.45) is 5.73 Å². The predicted molar refractivity (Wildman–Crippen MR) is 104 cm³/mol. The van der Waals surface area contributed by atoms with Gasteiger partial charge in [0.1, 0.15) is 5.03 Å². The van der Waals surface area contributed by atoms with Gasteiger partial charge in [-0.25, -0.2) is 8.42 Å². The van der Waals surface area contributed by atoms with Crippen LogP contribution in [-0.4, -0.2) is 35.8 Å². The molecule has 0 saturated heterocycles. The lowest BCUT2D eigenvalue weighted by Crippen LogP contribution is -2.23. The van der Waals surface area contributed by atoms with Gasteiger partial charge in [-0.2, -0.15) is 5.10 Å². The molecule has 0 aliphatic carbocycles. The Kier molecular flexibility index (Phi) is 6.68.